The number of benzene rings is 3. The first kappa shape index (κ1) is 16.7. The molecule has 0 radical (unpaired) electrons. The van der Waals surface area contributed by atoms with Crippen LogP contribution in [0.4, 0.5) is 0 Å². The maximum absolute atomic E-state index is 4.73. The lowest BCUT2D eigenvalue weighted by atomic mass is 10.0. The summed E-state index contributed by atoms with van der Waals surface area (Å²) in [7, 11) is 0. The average Bonchev–Trinajstić information content (AvgIpc) is 3.43. The van der Waals surface area contributed by atoms with E-state index in [0.717, 1.165) is 56.0 Å². The highest BCUT2D eigenvalue weighted by Crippen LogP contribution is 2.29. The standard InChI is InChI=1S/C25H17N5/c1-2-4-16(5-3-1)24-27-20-8-6-18(14-22(20)29-24)19-7-9-21-23(15-19)30-25(28-21)17-10-12-26-13-11-17/h1-15H,(H,27,29)(H,28,30). The fourth-order valence-corrected chi connectivity index (χ4v) is 3.76. The molecule has 0 aliphatic heterocycles. The average molecular weight is 387 g/mol. The van der Waals surface area contributed by atoms with E-state index in [4.69, 9.17) is 9.97 Å². The number of hydrogen-bond acceptors (Lipinski definition) is 3. The van der Waals surface area contributed by atoms with E-state index in [1.54, 1.807) is 12.4 Å². The normalized spacial score (nSPS) is 11.3. The van der Waals surface area contributed by atoms with Crippen LogP contribution in [-0.4, -0.2) is 24.9 Å². The molecule has 142 valence electrons. The van der Waals surface area contributed by atoms with Crippen LogP contribution in [0.5, 0.6) is 0 Å². The van der Waals surface area contributed by atoms with E-state index in [9.17, 15) is 0 Å². The molecule has 0 saturated heterocycles. The van der Waals surface area contributed by atoms with Crippen molar-refractivity contribution in [2.45, 2.75) is 0 Å². The largest absolute Gasteiger partial charge is 0.338 e. The monoisotopic (exact) mass is 387 g/mol. The van der Waals surface area contributed by atoms with E-state index < -0.39 is 0 Å². The number of hydrogen-bond donors (Lipinski definition) is 2. The number of imidazole rings is 2. The molecule has 0 aliphatic rings. The Bertz CT molecular complexity index is 1360. The van der Waals surface area contributed by atoms with Crippen molar-refractivity contribution < 1.29 is 0 Å². The van der Waals surface area contributed by atoms with Crippen molar-refractivity contribution in [3.05, 3.63) is 91.3 Å². The molecule has 0 bridgehead atoms. The van der Waals surface area contributed by atoms with Crippen molar-refractivity contribution in [3.8, 4) is 33.9 Å². The molecule has 0 aliphatic carbocycles. The van der Waals surface area contributed by atoms with E-state index in [1.165, 1.54) is 0 Å². The Hall–Kier alpha value is -4.25. The van der Waals surface area contributed by atoms with Gasteiger partial charge in [0.05, 0.1) is 22.1 Å². The smallest absolute Gasteiger partial charge is 0.138 e. The Morgan fingerprint density at radius 1 is 0.500 bits per heavy atom. The molecule has 0 atom stereocenters. The van der Waals surface area contributed by atoms with Crippen molar-refractivity contribution in [2.24, 2.45) is 0 Å². The highest BCUT2D eigenvalue weighted by molar-refractivity contribution is 5.88. The number of nitrogens with one attached hydrogen (secondary N) is 2. The van der Waals surface area contributed by atoms with Gasteiger partial charge in [0.1, 0.15) is 11.6 Å². The molecule has 30 heavy (non-hydrogen) atoms. The molecule has 0 spiro atoms. The van der Waals surface area contributed by atoms with Crippen molar-refractivity contribution >= 4 is 22.1 Å². The third-order valence-corrected chi connectivity index (χ3v) is 5.30. The summed E-state index contributed by atoms with van der Waals surface area (Å²) in [6.07, 6.45) is 3.55. The van der Waals surface area contributed by atoms with Crippen LogP contribution < -0.4 is 0 Å². The lowest BCUT2D eigenvalue weighted by Gasteiger charge is -2.01. The van der Waals surface area contributed by atoms with Crippen LogP contribution in [0.2, 0.25) is 0 Å². The van der Waals surface area contributed by atoms with Gasteiger partial charge >= 0.3 is 0 Å². The summed E-state index contributed by atoms with van der Waals surface area (Å²) in [6, 6.07) is 26.7. The molecule has 5 heteroatoms. The highest BCUT2D eigenvalue weighted by Gasteiger charge is 2.09. The first-order valence-corrected chi connectivity index (χ1v) is 9.79. The quantitative estimate of drug-likeness (QED) is 0.401. The fraction of sp³-hybridized carbons (Fsp3) is 0. The second-order valence-corrected chi connectivity index (χ2v) is 7.24. The summed E-state index contributed by atoms with van der Waals surface area (Å²) < 4.78 is 0. The van der Waals surface area contributed by atoms with Gasteiger partial charge in [0.25, 0.3) is 0 Å². The lowest BCUT2D eigenvalue weighted by molar-refractivity contribution is 1.28. The van der Waals surface area contributed by atoms with Crippen LogP contribution in [-0.2, 0) is 0 Å². The van der Waals surface area contributed by atoms with Crippen molar-refractivity contribution in [1.82, 2.24) is 24.9 Å². The van der Waals surface area contributed by atoms with Crippen molar-refractivity contribution in [3.63, 3.8) is 0 Å². The predicted molar refractivity (Wildman–Crippen MR) is 120 cm³/mol. The molecule has 6 aromatic rings. The van der Waals surface area contributed by atoms with Crippen LogP contribution in [0.3, 0.4) is 0 Å². The molecule has 3 aromatic heterocycles. The van der Waals surface area contributed by atoms with Gasteiger partial charge in [0.15, 0.2) is 0 Å². The topological polar surface area (TPSA) is 70.2 Å². The lowest BCUT2D eigenvalue weighted by Crippen LogP contribution is -1.80. The van der Waals surface area contributed by atoms with Crippen LogP contribution >= 0.6 is 0 Å². The predicted octanol–water partition coefficient (Wildman–Crippen LogP) is 5.84. The molecule has 6 rings (SSSR count). The zero-order chi connectivity index (χ0) is 19.9. The molecule has 0 amide bonds. The minimum atomic E-state index is 0.848. The second kappa shape index (κ2) is 6.67. The molecular weight excluding hydrogens is 370 g/mol. The van der Waals surface area contributed by atoms with E-state index in [0.29, 0.717) is 0 Å². The third-order valence-electron chi connectivity index (χ3n) is 5.30. The van der Waals surface area contributed by atoms with Crippen LogP contribution in [0.25, 0.3) is 56.0 Å². The van der Waals surface area contributed by atoms with Gasteiger partial charge in [-0.05, 0) is 47.5 Å². The Morgan fingerprint density at radius 3 is 1.60 bits per heavy atom. The van der Waals surface area contributed by atoms with Gasteiger partial charge < -0.3 is 9.97 Å². The van der Waals surface area contributed by atoms with Gasteiger partial charge in [-0.2, -0.15) is 0 Å². The van der Waals surface area contributed by atoms with Gasteiger partial charge in [0, 0.05) is 23.5 Å². The number of nitrogens with zero attached hydrogens (tertiary/aromatic N) is 3. The number of rotatable bonds is 3. The van der Waals surface area contributed by atoms with Crippen molar-refractivity contribution in [1.29, 1.82) is 0 Å². The summed E-state index contributed by atoms with van der Waals surface area (Å²) in [4.78, 5) is 20.4. The van der Waals surface area contributed by atoms with E-state index in [1.807, 2.05) is 30.3 Å². The summed E-state index contributed by atoms with van der Waals surface area (Å²) in [5.74, 6) is 1.73. The summed E-state index contributed by atoms with van der Waals surface area (Å²) >= 11 is 0. The van der Waals surface area contributed by atoms with Gasteiger partial charge in [0.2, 0.25) is 0 Å². The zero-order valence-corrected chi connectivity index (χ0v) is 16.0. The van der Waals surface area contributed by atoms with E-state index >= 15 is 0 Å². The zero-order valence-electron chi connectivity index (χ0n) is 16.0. The molecular formula is C25H17N5. The molecule has 5 nitrogen and oxygen atoms in total. The minimum Gasteiger partial charge on any atom is -0.338 e. The summed E-state index contributed by atoms with van der Waals surface area (Å²) in [6.45, 7) is 0. The Labute approximate surface area is 172 Å². The van der Waals surface area contributed by atoms with Crippen LogP contribution in [0.15, 0.2) is 91.3 Å². The number of pyridine rings is 1. The minimum absolute atomic E-state index is 0.848. The highest BCUT2D eigenvalue weighted by atomic mass is 14.9. The Kier molecular flexibility index (Phi) is 3.71. The first-order valence-electron chi connectivity index (χ1n) is 9.79. The van der Waals surface area contributed by atoms with Gasteiger partial charge in [-0.1, -0.05) is 42.5 Å². The Balaban J connectivity index is 1.40. The Morgan fingerprint density at radius 2 is 1.03 bits per heavy atom. The van der Waals surface area contributed by atoms with Gasteiger partial charge in [-0.15, -0.1) is 0 Å². The SMILES string of the molecule is c1ccc(-c2nc3ccc(-c4ccc5nc(-c6ccncc6)[nH]c5c4)cc3[nH]2)cc1. The van der Waals surface area contributed by atoms with Crippen LogP contribution in [0, 0.1) is 0 Å². The van der Waals surface area contributed by atoms with Gasteiger partial charge in [-0.3, -0.25) is 4.98 Å². The van der Waals surface area contributed by atoms with Crippen LogP contribution in [0.1, 0.15) is 0 Å². The number of H-pyrrole nitrogens is 2. The second-order valence-electron chi connectivity index (χ2n) is 7.24. The third kappa shape index (κ3) is 2.84. The van der Waals surface area contributed by atoms with E-state index in [-0.39, 0.29) is 0 Å². The fourth-order valence-electron chi connectivity index (χ4n) is 3.76. The maximum Gasteiger partial charge on any atom is 0.138 e. The number of fused-ring (bicyclic) bond motifs is 2. The molecule has 3 aromatic carbocycles. The van der Waals surface area contributed by atoms with Gasteiger partial charge in [-0.25, -0.2) is 9.97 Å². The van der Waals surface area contributed by atoms with Crippen molar-refractivity contribution in [2.75, 3.05) is 0 Å². The van der Waals surface area contributed by atoms with E-state index in [2.05, 4.69) is 63.5 Å². The molecule has 2 N–H and O–H groups in total. The first-order chi connectivity index (χ1) is 14.8. The molecule has 0 fully saturated rings. The molecule has 0 saturated carbocycles. The summed E-state index contributed by atoms with van der Waals surface area (Å²) in [5, 5.41) is 0. The molecule has 0 unspecified atom stereocenters. The summed E-state index contributed by atoms with van der Waals surface area (Å²) in [5.41, 5.74) is 8.30. The maximum atomic E-state index is 4.73. The molecule has 3 heterocycles. The number of aromatic amines is 2. The number of aromatic nitrogens is 5.